The summed E-state index contributed by atoms with van der Waals surface area (Å²) in [6.45, 7) is 8.58. The predicted molar refractivity (Wildman–Crippen MR) is 151 cm³/mol. The van der Waals surface area contributed by atoms with E-state index in [2.05, 4.69) is 38.6 Å². The zero-order valence-electron chi connectivity index (χ0n) is 24.6. The van der Waals surface area contributed by atoms with Crippen LogP contribution in [0.3, 0.4) is 0 Å². The molecule has 0 bridgehead atoms. The van der Waals surface area contributed by atoms with Gasteiger partial charge in [-0.05, 0) is 12.8 Å². The van der Waals surface area contributed by atoms with E-state index in [0.29, 0.717) is 17.3 Å². The second-order valence-corrected chi connectivity index (χ2v) is 11.3. The molecule has 208 valence electrons. The molecule has 5 nitrogen and oxygen atoms in total. The van der Waals surface area contributed by atoms with Gasteiger partial charge in [0.1, 0.15) is 0 Å². The Balaban J connectivity index is 3.97. The van der Waals surface area contributed by atoms with E-state index in [-0.39, 0.29) is 24.1 Å². The van der Waals surface area contributed by atoms with Crippen LogP contribution in [0.5, 0.6) is 0 Å². The van der Waals surface area contributed by atoms with Crippen LogP contribution in [0, 0.1) is 0 Å². The van der Waals surface area contributed by atoms with Crippen molar-refractivity contribution in [3.8, 4) is 0 Å². The fourth-order valence-electron chi connectivity index (χ4n) is 4.47. The second kappa shape index (κ2) is 22.1. The molecule has 0 aliphatic heterocycles. The van der Waals surface area contributed by atoms with Crippen LogP contribution in [0.4, 0.5) is 0 Å². The highest BCUT2D eigenvalue weighted by Gasteiger charge is 2.32. The summed E-state index contributed by atoms with van der Waals surface area (Å²) < 4.78 is 0.535. The van der Waals surface area contributed by atoms with Gasteiger partial charge >= 0.3 is 0 Å². The normalized spacial score (nSPS) is 13.4. The van der Waals surface area contributed by atoms with Crippen molar-refractivity contribution in [1.82, 2.24) is 10.6 Å². The molecule has 0 fully saturated rings. The Morgan fingerprint density at radius 2 is 0.771 bits per heavy atom. The first-order valence-corrected chi connectivity index (χ1v) is 15.2. The van der Waals surface area contributed by atoms with Crippen LogP contribution >= 0.6 is 0 Å². The molecule has 0 aliphatic carbocycles. The molecule has 0 aromatic carbocycles. The van der Waals surface area contributed by atoms with Crippen molar-refractivity contribution in [2.75, 3.05) is 14.1 Å². The molecule has 35 heavy (non-hydrogen) atoms. The molecule has 2 unspecified atom stereocenters. The van der Waals surface area contributed by atoms with E-state index in [1.165, 1.54) is 89.9 Å². The highest BCUT2D eigenvalue weighted by atomic mass is 16.2. The SMILES string of the molecule is CCCCCCCCCCCC(=O)NC(C)[N+](C)(C)C(C)NC(=O)CCCCCCCCCCC. The minimum Gasteiger partial charge on any atom is -0.307 e. The number of quaternary nitrogens is 1. The third kappa shape index (κ3) is 18.8. The van der Waals surface area contributed by atoms with Gasteiger partial charge in [-0.3, -0.25) is 14.1 Å². The van der Waals surface area contributed by atoms with E-state index in [1.807, 2.05) is 13.8 Å². The van der Waals surface area contributed by atoms with Crippen LogP contribution in [-0.2, 0) is 9.59 Å². The van der Waals surface area contributed by atoms with Crippen LogP contribution in [-0.4, -0.2) is 42.7 Å². The van der Waals surface area contributed by atoms with Crippen molar-refractivity contribution in [2.45, 2.75) is 168 Å². The Kier molecular flexibility index (Phi) is 21.4. The first-order chi connectivity index (χ1) is 16.8. The molecule has 0 aliphatic rings. The molecule has 0 spiro atoms. The van der Waals surface area contributed by atoms with Crippen molar-refractivity contribution >= 4 is 11.8 Å². The van der Waals surface area contributed by atoms with E-state index in [1.54, 1.807) is 0 Å². The van der Waals surface area contributed by atoms with Gasteiger partial charge in [-0.25, -0.2) is 0 Å². The van der Waals surface area contributed by atoms with Crippen LogP contribution in [0.15, 0.2) is 0 Å². The number of carbonyl (C=O) groups is 2. The number of nitrogens with one attached hydrogen (secondary N) is 2. The summed E-state index contributed by atoms with van der Waals surface area (Å²) in [4.78, 5) is 24.9. The summed E-state index contributed by atoms with van der Waals surface area (Å²) >= 11 is 0. The number of nitrogens with zero attached hydrogens (tertiary/aromatic N) is 1. The Hall–Kier alpha value is -1.10. The van der Waals surface area contributed by atoms with Crippen molar-refractivity contribution in [1.29, 1.82) is 0 Å². The van der Waals surface area contributed by atoms with E-state index in [4.69, 9.17) is 0 Å². The maximum absolute atomic E-state index is 12.4. The smallest absolute Gasteiger partial charge is 0.224 e. The molecule has 0 radical (unpaired) electrons. The van der Waals surface area contributed by atoms with Crippen LogP contribution in [0.25, 0.3) is 0 Å². The number of rotatable bonds is 24. The zero-order chi connectivity index (χ0) is 26.4. The van der Waals surface area contributed by atoms with Gasteiger partial charge in [-0.2, -0.15) is 0 Å². The molecule has 5 heteroatoms. The lowest BCUT2D eigenvalue weighted by Crippen LogP contribution is -2.64. The van der Waals surface area contributed by atoms with Crippen LogP contribution in [0.2, 0.25) is 0 Å². The highest BCUT2D eigenvalue weighted by molar-refractivity contribution is 5.76. The number of amides is 2. The molecular weight excluding hydrogens is 434 g/mol. The molecule has 0 aromatic rings. The van der Waals surface area contributed by atoms with Gasteiger partial charge in [0.2, 0.25) is 11.8 Å². The van der Waals surface area contributed by atoms with E-state index < -0.39 is 0 Å². The Morgan fingerprint density at radius 1 is 0.514 bits per heavy atom. The van der Waals surface area contributed by atoms with E-state index >= 15 is 0 Å². The van der Waals surface area contributed by atoms with Gasteiger partial charge in [0.15, 0.2) is 12.3 Å². The van der Waals surface area contributed by atoms with Gasteiger partial charge in [0.05, 0.1) is 14.1 Å². The van der Waals surface area contributed by atoms with Crippen LogP contribution in [0.1, 0.15) is 156 Å². The number of hydrogen-bond acceptors (Lipinski definition) is 2. The quantitative estimate of drug-likeness (QED) is 0.0812. The minimum atomic E-state index is -0.0518. The Morgan fingerprint density at radius 3 is 1.06 bits per heavy atom. The fraction of sp³-hybridized carbons (Fsp3) is 0.933. The molecule has 0 rings (SSSR count). The largest absolute Gasteiger partial charge is 0.307 e. The molecule has 2 atom stereocenters. The topological polar surface area (TPSA) is 58.2 Å². The Bertz CT molecular complexity index is 478. The fourth-order valence-corrected chi connectivity index (χ4v) is 4.47. The lowest BCUT2D eigenvalue weighted by Gasteiger charge is -2.41. The van der Waals surface area contributed by atoms with Gasteiger partial charge in [0, 0.05) is 26.7 Å². The summed E-state index contributed by atoms with van der Waals surface area (Å²) in [6, 6.07) is 0. The van der Waals surface area contributed by atoms with E-state index in [0.717, 1.165) is 25.7 Å². The second-order valence-electron chi connectivity index (χ2n) is 11.3. The molecule has 0 saturated heterocycles. The molecule has 0 saturated carbocycles. The number of carbonyl (C=O) groups excluding carboxylic acids is 2. The third-order valence-electron chi connectivity index (χ3n) is 7.75. The van der Waals surface area contributed by atoms with Crippen molar-refractivity contribution in [3.05, 3.63) is 0 Å². The van der Waals surface area contributed by atoms with E-state index in [9.17, 15) is 9.59 Å². The summed E-state index contributed by atoms with van der Waals surface area (Å²) in [7, 11) is 4.15. The average molecular weight is 497 g/mol. The van der Waals surface area contributed by atoms with Gasteiger partial charge in [-0.1, -0.05) is 117 Å². The van der Waals surface area contributed by atoms with Gasteiger partial charge < -0.3 is 10.6 Å². The van der Waals surface area contributed by atoms with Crippen molar-refractivity contribution in [3.63, 3.8) is 0 Å². The molecule has 0 aromatic heterocycles. The predicted octanol–water partition coefficient (Wildman–Crippen LogP) is 7.83. The Labute approximate surface area is 219 Å². The monoisotopic (exact) mass is 496 g/mol. The summed E-state index contributed by atoms with van der Waals surface area (Å²) in [5.41, 5.74) is 0. The summed E-state index contributed by atoms with van der Waals surface area (Å²) in [5.74, 6) is 0.250. The standard InChI is InChI=1S/C30H61N3O2/c1-7-9-11-13-15-17-19-21-23-25-29(34)31-27(3)33(5,6)28(4)32-30(35)26-24-22-20-18-16-14-12-10-8-2/h27-28H,7-26H2,1-6H3,(H-,31,32,34,35)/p+1. The molecule has 2 N–H and O–H groups in total. The molecular formula is C30H62N3O2+. The number of hydrogen-bond donors (Lipinski definition) is 2. The maximum atomic E-state index is 12.4. The highest BCUT2D eigenvalue weighted by Crippen LogP contribution is 2.14. The van der Waals surface area contributed by atoms with Crippen molar-refractivity contribution in [2.24, 2.45) is 0 Å². The first kappa shape index (κ1) is 33.9. The van der Waals surface area contributed by atoms with Crippen LogP contribution < -0.4 is 10.6 Å². The number of unbranched alkanes of at least 4 members (excludes halogenated alkanes) is 16. The maximum Gasteiger partial charge on any atom is 0.224 e. The molecule has 2 amide bonds. The summed E-state index contributed by atoms with van der Waals surface area (Å²) in [6.07, 6.45) is 23.8. The lowest BCUT2D eigenvalue weighted by molar-refractivity contribution is -0.939. The summed E-state index contributed by atoms with van der Waals surface area (Å²) in [5, 5.41) is 6.33. The van der Waals surface area contributed by atoms with Gasteiger partial charge in [0.25, 0.3) is 0 Å². The third-order valence-corrected chi connectivity index (χ3v) is 7.75. The zero-order valence-corrected chi connectivity index (χ0v) is 24.6. The van der Waals surface area contributed by atoms with Crippen molar-refractivity contribution < 1.29 is 14.1 Å². The minimum absolute atomic E-state index is 0.0518. The average Bonchev–Trinajstić information content (AvgIpc) is 2.81. The molecule has 0 heterocycles. The first-order valence-electron chi connectivity index (χ1n) is 15.2. The lowest BCUT2D eigenvalue weighted by atomic mass is 10.1. The van der Waals surface area contributed by atoms with Gasteiger partial charge in [-0.15, -0.1) is 0 Å².